The first-order valence-electron chi connectivity index (χ1n) is 8.44. The Morgan fingerprint density at radius 2 is 1.70 bits per heavy atom. The van der Waals surface area contributed by atoms with Crippen molar-refractivity contribution in [2.75, 3.05) is 10.6 Å². The Morgan fingerprint density at radius 1 is 1.00 bits per heavy atom. The van der Waals surface area contributed by atoms with Gasteiger partial charge in [-0.3, -0.25) is 14.4 Å². The third-order valence-corrected chi connectivity index (χ3v) is 4.86. The van der Waals surface area contributed by atoms with Crippen LogP contribution in [0.2, 0.25) is 0 Å². The standard InChI is InChI=1S/C20H19N3O3S/c1-14-13-27-20(26)23(14)11-10-18(24)21-16-8-5-9-17(12-16)22-19(25)15-6-3-2-4-7-15/h2-9,12-13H,10-11H2,1H3,(H,21,24)(H,22,25). The maximum absolute atomic E-state index is 12.2. The summed E-state index contributed by atoms with van der Waals surface area (Å²) < 4.78 is 1.58. The van der Waals surface area contributed by atoms with E-state index in [4.69, 9.17) is 0 Å². The molecule has 7 heteroatoms. The molecule has 0 bridgehead atoms. The fourth-order valence-corrected chi connectivity index (χ4v) is 3.34. The van der Waals surface area contributed by atoms with Crippen molar-refractivity contribution in [2.24, 2.45) is 0 Å². The molecule has 0 fully saturated rings. The normalized spacial score (nSPS) is 10.4. The van der Waals surface area contributed by atoms with E-state index in [0.717, 1.165) is 17.0 Å². The number of carbonyl (C=O) groups is 2. The molecule has 0 spiro atoms. The lowest BCUT2D eigenvalue weighted by Gasteiger charge is -2.09. The van der Waals surface area contributed by atoms with Crippen LogP contribution < -0.4 is 15.5 Å². The molecule has 0 saturated carbocycles. The molecular formula is C20H19N3O3S. The number of aryl methyl sites for hydroxylation is 1. The molecule has 0 radical (unpaired) electrons. The number of hydrogen-bond acceptors (Lipinski definition) is 4. The van der Waals surface area contributed by atoms with Crippen molar-refractivity contribution in [3.8, 4) is 0 Å². The first-order valence-corrected chi connectivity index (χ1v) is 9.32. The van der Waals surface area contributed by atoms with Gasteiger partial charge in [-0.05, 0) is 37.3 Å². The van der Waals surface area contributed by atoms with Gasteiger partial charge in [0.2, 0.25) is 5.91 Å². The van der Waals surface area contributed by atoms with Crippen LogP contribution in [0.5, 0.6) is 0 Å². The number of thiazole rings is 1. The third kappa shape index (κ3) is 4.92. The fourth-order valence-electron chi connectivity index (χ4n) is 2.58. The summed E-state index contributed by atoms with van der Waals surface area (Å²) in [5.74, 6) is -0.412. The zero-order chi connectivity index (χ0) is 19.2. The molecule has 2 aromatic carbocycles. The monoisotopic (exact) mass is 381 g/mol. The van der Waals surface area contributed by atoms with Gasteiger partial charge in [-0.25, -0.2) is 0 Å². The molecule has 0 aliphatic carbocycles. The van der Waals surface area contributed by atoms with Crippen molar-refractivity contribution in [2.45, 2.75) is 19.9 Å². The first kappa shape index (κ1) is 18.6. The van der Waals surface area contributed by atoms with E-state index in [1.165, 1.54) is 0 Å². The minimum Gasteiger partial charge on any atom is -0.326 e. The van der Waals surface area contributed by atoms with Crippen LogP contribution in [0, 0.1) is 6.92 Å². The molecule has 0 aliphatic heterocycles. The van der Waals surface area contributed by atoms with Crippen molar-refractivity contribution < 1.29 is 9.59 Å². The van der Waals surface area contributed by atoms with E-state index in [2.05, 4.69) is 10.6 Å². The number of nitrogens with one attached hydrogen (secondary N) is 2. The molecular weight excluding hydrogens is 362 g/mol. The molecule has 2 N–H and O–H groups in total. The zero-order valence-electron chi connectivity index (χ0n) is 14.8. The second-order valence-electron chi connectivity index (χ2n) is 5.99. The molecule has 1 heterocycles. The molecule has 27 heavy (non-hydrogen) atoms. The van der Waals surface area contributed by atoms with Crippen LogP contribution in [0.4, 0.5) is 11.4 Å². The van der Waals surface area contributed by atoms with E-state index in [1.54, 1.807) is 58.5 Å². The molecule has 0 saturated heterocycles. The van der Waals surface area contributed by atoms with E-state index in [9.17, 15) is 14.4 Å². The second kappa shape index (κ2) is 8.46. The van der Waals surface area contributed by atoms with E-state index >= 15 is 0 Å². The number of aromatic nitrogens is 1. The van der Waals surface area contributed by atoms with Gasteiger partial charge in [0.25, 0.3) is 5.91 Å². The number of amides is 2. The van der Waals surface area contributed by atoms with E-state index < -0.39 is 0 Å². The second-order valence-corrected chi connectivity index (χ2v) is 6.81. The van der Waals surface area contributed by atoms with Crippen molar-refractivity contribution in [3.63, 3.8) is 0 Å². The van der Waals surface area contributed by atoms with Gasteiger partial charge in [0.15, 0.2) is 0 Å². The number of rotatable bonds is 6. The lowest BCUT2D eigenvalue weighted by Crippen LogP contribution is -2.20. The molecule has 1 aromatic heterocycles. The first-order chi connectivity index (χ1) is 13.0. The zero-order valence-corrected chi connectivity index (χ0v) is 15.6. The summed E-state index contributed by atoms with van der Waals surface area (Å²) in [6.45, 7) is 2.18. The van der Waals surface area contributed by atoms with Crippen LogP contribution in [0.3, 0.4) is 0 Å². The highest BCUT2D eigenvalue weighted by molar-refractivity contribution is 7.07. The summed E-state index contributed by atoms with van der Waals surface area (Å²) in [6.07, 6.45) is 0.193. The Morgan fingerprint density at radius 3 is 2.37 bits per heavy atom. The van der Waals surface area contributed by atoms with E-state index in [1.807, 2.05) is 13.0 Å². The number of hydrogen-bond donors (Lipinski definition) is 2. The molecule has 0 aliphatic rings. The van der Waals surface area contributed by atoms with Gasteiger partial charge in [-0.1, -0.05) is 35.6 Å². The number of nitrogens with zero attached hydrogens (tertiary/aromatic N) is 1. The van der Waals surface area contributed by atoms with Crippen LogP contribution in [-0.4, -0.2) is 16.4 Å². The van der Waals surface area contributed by atoms with Crippen molar-refractivity contribution in [1.29, 1.82) is 0 Å². The van der Waals surface area contributed by atoms with Crippen LogP contribution in [0.1, 0.15) is 22.5 Å². The predicted molar refractivity (Wildman–Crippen MR) is 107 cm³/mol. The summed E-state index contributed by atoms with van der Waals surface area (Å²) in [7, 11) is 0. The van der Waals surface area contributed by atoms with Crippen LogP contribution in [-0.2, 0) is 11.3 Å². The highest BCUT2D eigenvalue weighted by Gasteiger charge is 2.09. The summed E-state index contributed by atoms with van der Waals surface area (Å²) in [4.78, 5) is 36.0. The van der Waals surface area contributed by atoms with Gasteiger partial charge in [0, 0.05) is 41.0 Å². The smallest absolute Gasteiger partial charge is 0.307 e. The SMILES string of the molecule is Cc1csc(=O)n1CCC(=O)Nc1cccc(NC(=O)c2ccccc2)c1. The summed E-state index contributed by atoms with van der Waals surface area (Å²) in [5, 5.41) is 7.38. The van der Waals surface area contributed by atoms with Gasteiger partial charge in [0.05, 0.1) is 0 Å². The predicted octanol–water partition coefficient (Wildman–Crippen LogP) is 3.50. The minimum atomic E-state index is -0.216. The molecule has 0 unspecified atom stereocenters. The lowest BCUT2D eigenvalue weighted by molar-refractivity contribution is -0.116. The van der Waals surface area contributed by atoms with Gasteiger partial charge < -0.3 is 15.2 Å². The van der Waals surface area contributed by atoms with Crippen LogP contribution >= 0.6 is 11.3 Å². The molecule has 138 valence electrons. The van der Waals surface area contributed by atoms with Crippen molar-refractivity contribution >= 4 is 34.5 Å². The highest BCUT2D eigenvalue weighted by Crippen LogP contribution is 2.16. The molecule has 3 aromatic rings. The topological polar surface area (TPSA) is 80.2 Å². The summed E-state index contributed by atoms with van der Waals surface area (Å²) in [6, 6.07) is 15.9. The lowest BCUT2D eigenvalue weighted by atomic mass is 10.2. The Labute approximate surface area is 160 Å². The Bertz CT molecular complexity index is 1010. The van der Waals surface area contributed by atoms with E-state index in [-0.39, 0.29) is 23.1 Å². The Balaban J connectivity index is 1.59. The maximum Gasteiger partial charge on any atom is 0.307 e. The molecule has 3 rings (SSSR count). The molecule has 6 nitrogen and oxygen atoms in total. The average molecular weight is 381 g/mol. The minimum absolute atomic E-state index is 0.0640. The van der Waals surface area contributed by atoms with Gasteiger partial charge >= 0.3 is 4.87 Å². The van der Waals surface area contributed by atoms with Crippen LogP contribution in [0.25, 0.3) is 0 Å². The Kier molecular flexibility index (Phi) is 5.83. The summed E-state index contributed by atoms with van der Waals surface area (Å²) in [5.41, 5.74) is 2.58. The van der Waals surface area contributed by atoms with Gasteiger partial charge in [0.1, 0.15) is 0 Å². The highest BCUT2D eigenvalue weighted by atomic mass is 32.1. The number of carbonyl (C=O) groups excluding carboxylic acids is 2. The quantitative estimate of drug-likeness (QED) is 0.686. The summed E-state index contributed by atoms with van der Waals surface area (Å²) >= 11 is 1.13. The molecule has 0 atom stereocenters. The van der Waals surface area contributed by atoms with Crippen molar-refractivity contribution in [3.05, 3.63) is 80.9 Å². The van der Waals surface area contributed by atoms with Gasteiger partial charge in [-0.15, -0.1) is 0 Å². The fraction of sp³-hybridized carbons (Fsp3) is 0.150. The number of anilines is 2. The maximum atomic E-state index is 12.2. The third-order valence-electron chi connectivity index (χ3n) is 3.98. The molecule has 2 amide bonds. The number of benzene rings is 2. The van der Waals surface area contributed by atoms with Crippen molar-refractivity contribution in [1.82, 2.24) is 4.57 Å². The van der Waals surface area contributed by atoms with Gasteiger partial charge in [-0.2, -0.15) is 0 Å². The van der Waals surface area contributed by atoms with Crippen LogP contribution in [0.15, 0.2) is 64.8 Å². The average Bonchev–Trinajstić information content (AvgIpc) is 2.99. The Hall–Kier alpha value is -3.19. The van der Waals surface area contributed by atoms with E-state index in [0.29, 0.717) is 23.5 Å². The largest absolute Gasteiger partial charge is 0.326 e.